The maximum atomic E-state index is 13.5. The van der Waals surface area contributed by atoms with Crippen molar-refractivity contribution in [1.29, 1.82) is 0 Å². The van der Waals surface area contributed by atoms with E-state index >= 15 is 0 Å². The van der Waals surface area contributed by atoms with Gasteiger partial charge in [0.05, 0.1) is 10.5 Å². The summed E-state index contributed by atoms with van der Waals surface area (Å²) in [6.45, 7) is 3.55. The van der Waals surface area contributed by atoms with Crippen LogP contribution in [-0.4, -0.2) is 41.7 Å². The van der Waals surface area contributed by atoms with Gasteiger partial charge in [-0.15, -0.1) is 11.6 Å². The van der Waals surface area contributed by atoms with Crippen molar-refractivity contribution in [3.05, 3.63) is 87.7 Å². The number of halogens is 1. The molecule has 3 heterocycles. The van der Waals surface area contributed by atoms with Gasteiger partial charge in [0.1, 0.15) is 16.6 Å². The van der Waals surface area contributed by atoms with Crippen LogP contribution in [0.15, 0.2) is 66.4 Å². The molecule has 1 unspecified atom stereocenters. The number of rotatable bonds is 12. The third-order valence-electron chi connectivity index (χ3n) is 5.67. The SMILES string of the molecule is CCCN(CCCl)c1ccc(OS(=O)(=O)C(Cc2ccc3nccn3c2)c2ccsc2[N+](=O)[O-])cc1. The van der Waals surface area contributed by atoms with Crippen molar-refractivity contribution in [1.82, 2.24) is 9.38 Å². The number of hydrogen-bond acceptors (Lipinski definition) is 8. The van der Waals surface area contributed by atoms with E-state index in [1.54, 1.807) is 59.4 Å². The molecule has 0 fully saturated rings. The Bertz CT molecular complexity index is 1430. The van der Waals surface area contributed by atoms with Crippen molar-refractivity contribution in [3.63, 3.8) is 0 Å². The van der Waals surface area contributed by atoms with Crippen LogP contribution in [0.1, 0.15) is 29.7 Å². The first kappa shape index (κ1) is 25.9. The molecule has 0 aliphatic heterocycles. The zero-order valence-corrected chi connectivity index (χ0v) is 21.9. The summed E-state index contributed by atoms with van der Waals surface area (Å²) in [5.74, 6) is 0.604. The summed E-state index contributed by atoms with van der Waals surface area (Å²) in [6.07, 6.45) is 6.08. The quantitative estimate of drug-likeness (QED) is 0.100. The van der Waals surface area contributed by atoms with E-state index in [1.807, 2.05) is 0 Å². The summed E-state index contributed by atoms with van der Waals surface area (Å²) >= 11 is 6.80. The van der Waals surface area contributed by atoms with Gasteiger partial charge in [-0.2, -0.15) is 8.42 Å². The molecule has 0 spiro atoms. The molecule has 1 atom stereocenters. The number of aromatic nitrogens is 2. The molecule has 4 rings (SSSR count). The minimum Gasteiger partial charge on any atom is -0.382 e. The van der Waals surface area contributed by atoms with Crippen molar-refractivity contribution in [3.8, 4) is 5.75 Å². The lowest BCUT2D eigenvalue weighted by Crippen LogP contribution is -2.26. The van der Waals surface area contributed by atoms with E-state index in [4.69, 9.17) is 15.8 Å². The maximum Gasteiger partial charge on any atom is 0.328 e. The Kier molecular flexibility index (Phi) is 8.12. The van der Waals surface area contributed by atoms with Gasteiger partial charge in [0.25, 0.3) is 0 Å². The molecule has 0 radical (unpaired) electrons. The lowest BCUT2D eigenvalue weighted by atomic mass is 10.1. The molecule has 0 aliphatic carbocycles. The number of benzene rings is 1. The lowest BCUT2D eigenvalue weighted by molar-refractivity contribution is -0.380. The fourth-order valence-corrected chi connectivity index (χ4v) is 6.47. The van der Waals surface area contributed by atoms with Crippen LogP contribution >= 0.6 is 22.9 Å². The number of fused-ring (bicyclic) bond motifs is 1. The fourth-order valence-electron chi connectivity index (χ4n) is 4.02. The topological polar surface area (TPSA) is 107 Å². The molecule has 3 aromatic heterocycles. The first-order valence-electron chi connectivity index (χ1n) is 11.3. The average molecular weight is 549 g/mol. The molecule has 190 valence electrons. The first-order chi connectivity index (χ1) is 17.3. The van der Waals surface area contributed by atoms with Crippen LogP contribution in [0.2, 0.25) is 0 Å². The number of nitrogens with zero attached hydrogens (tertiary/aromatic N) is 4. The van der Waals surface area contributed by atoms with Gasteiger partial charge in [0.15, 0.2) is 0 Å². The Morgan fingerprint density at radius 1 is 1.19 bits per heavy atom. The van der Waals surface area contributed by atoms with E-state index in [-0.39, 0.29) is 22.7 Å². The number of alkyl halides is 1. The predicted molar refractivity (Wildman–Crippen MR) is 142 cm³/mol. The summed E-state index contributed by atoms with van der Waals surface area (Å²) in [4.78, 5) is 17.4. The standard InChI is InChI=1S/C24H25ClN4O5S2/c1-2-12-27(13-10-25)19-4-6-20(7-5-19)34-36(32,33)22(21-9-15-35-24(21)29(30)31)16-18-3-8-23-26-11-14-28(23)17-18/h3-9,11,14-15,17,22H,2,10,12-13,16H2,1H3. The maximum absolute atomic E-state index is 13.5. The van der Waals surface area contributed by atoms with Crippen molar-refractivity contribution < 1.29 is 17.5 Å². The van der Waals surface area contributed by atoms with E-state index < -0.39 is 20.3 Å². The Morgan fingerprint density at radius 3 is 2.67 bits per heavy atom. The number of thiophene rings is 1. The third-order valence-corrected chi connectivity index (χ3v) is 8.26. The Labute approximate surface area is 218 Å². The molecular weight excluding hydrogens is 524 g/mol. The van der Waals surface area contributed by atoms with Crippen molar-refractivity contribution in [2.45, 2.75) is 25.0 Å². The van der Waals surface area contributed by atoms with E-state index in [1.165, 1.54) is 11.4 Å². The molecule has 0 N–H and O–H groups in total. The van der Waals surface area contributed by atoms with E-state index in [9.17, 15) is 18.5 Å². The summed E-state index contributed by atoms with van der Waals surface area (Å²) in [6, 6.07) is 11.7. The second-order valence-corrected chi connectivity index (χ2v) is 11.1. The van der Waals surface area contributed by atoms with Crippen LogP contribution in [0.5, 0.6) is 5.75 Å². The van der Waals surface area contributed by atoms with E-state index in [2.05, 4.69) is 16.8 Å². The average Bonchev–Trinajstić information content (AvgIpc) is 3.52. The van der Waals surface area contributed by atoms with Gasteiger partial charge in [-0.1, -0.05) is 24.3 Å². The number of hydrogen-bond donors (Lipinski definition) is 0. The Hall–Kier alpha value is -3.15. The van der Waals surface area contributed by atoms with Crippen LogP contribution < -0.4 is 9.08 Å². The molecule has 9 nitrogen and oxygen atoms in total. The summed E-state index contributed by atoms with van der Waals surface area (Å²) in [5, 5.41) is 11.6. The molecule has 36 heavy (non-hydrogen) atoms. The van der Waals surface area contributed by atoms with Crippen LogP contribution in [0.25, 0.3) is 5.65 Å². The van der Waals surface area contributed by atoms with Crippen LogP contribution in [0.4, 0.5) is 10.7 Å². The molecule has 4 aromatic rings. The Balaban J connectivity index is 1.65. The highest BCUT2D eigenvalue weighted by Crippen LogP contribution is 2.38. The van der Waals surface area contributed by atoms with Crippen molar-refractivity contribution in [2.24, 2.45) is 0 Å². The zero-order valence-electron chi connectivity index (χ0n) is 19.5. The van der Waals surface area contributed by atoms with Crippen molar-refractivity contribution in [2.75, 3.05) is 23.9 Å². The van der Waals surface area contributed by atoms with Crippen LogP contribution in [-0.2, 0) is 16.5 Å². The van der Waals surface area contributed by atoms with Crippen molar-refractivity contribution >= 4 is 49.4 Å². The van der Waals surface area contributed by atoms with E-state index in [0.29, 0.717) is 23.6 Å². The second kappa shape index (κ2) is 11.3. The highest BCUT2D eigenvalue weighted by atomic mass is 35.5. The summed E-state index contributed by atoms with van der Waals surface area (Å²) < 4.78 is 34.3. The molecular formula is C24H25ClN4O5S2. The molecule has 0 aliphatic rings. The highest BCUT2D eigenvalue weighted by Gasteiger charge is 2.36. The third kappa shape index (κ3) is 5.80. The smallest absolute Gasteiger partial charge is 0.328 e. The minimum atomic E-state index is -4.30. The monoisotopic (exact) mass is 548 g/mol. The number of anilines is 1. The van der Waals surface area contributed by atoms with Gasteiger partial charge in [0.2, 0.25) is 0 Å². The minimum absolute atomic E-state index is 0.00783. The molecule has 0 bridgehead atoms. The second-order valence-electron chi connectivity index (χ2n) is 8.11. The van der Waals surface area contributed by atoms with Gasteiger partial charge in [-0.3, -0.25) is 10.1 Å². The highest BCUT2D eigenvalue weighted by molar-refractivity contribution is 7.87. The summed E-state index contributed by atoms with van der Waals surface area (Å²) in [7, 11) is -4.30. The molecule has 1 aromatic carbocycles. The Morgan fingerprint density at radius 2 is 1.97 bits per heavy atom. The normalized spacial score (nSPS) is 12.5. The predicted octanol–water partition coefficient (Wildman–Crippen LogP) is 5.45. The number of imidazole rings is 1. The van der Waals surface area contributed by atoms with Crippen LogP contribution in [0, 0.1) is 10.1 Å². The van der Waals surface area contributed by atoms with E-state index in [0.717, 1.165) is 30.0 Å². The molecule has 0 saturated heterocycles. The van der Waals surface area contributed by atoms with Gasteiger partial charge in [-0.25, -0.2) is 4.98 Å². The van der Waals surface area contributed by atoms with Gasteiger partial charge >= 0.3 is 15.1 Å². The largest absolute Gasteiger partial charge is 0.382 e. The lowest BCUT2D eigenvalue weighted by Gasteiger charge is -2.23. The van der Waals surface area contributed by atoms with Gasteiger partial charge in [0, 0.05) is 43.2 Å². The van der Waals surface area contributed by atoms with Gasteiger partial charge in [-0.05, 0) is 60.2 Å². The fraction of sp³-hybridized carbons (Fsp3) is 0.292. The van der Waals surface area contributed by atoms with Gasteiger partial charge < -0.3 is 13.5 Å². The number of pyridine rings is 1. The first-order valence-corrected chi connectivity index (χ1v) is 14.2. The zero-order chi connectivity index (χ0) is 25.7. The molecule has 0 saturated carbocycles. The molecule has 0 amide bonds. The summed E-state index contributed by atoms with van der Waals surface area (Å²) in [5.41, 5.74) is 2.39. The number of nitro groups is 1. The molecule has 12 heteroatoms. The van der Waals surface area contributed by atoms with Crippen LogP contribution in [0.3, 0.4) is 0 Å².